The Labute approximate surface area is 172 Å². The second-order valence-electron chi connectivity index (χ2n) is 7.81. The number of benzene rings is 2. The van der Waals surface area contributed by atoms with Crippen LogP contribution in [0.2, 0.25) is 0 Å². The summed E-state index contributed by atoms with van der Waals surface area (Å²) in [5, 5.41) is 3.16. The average Bonchev–Trinajstić information content (AvgIpc) is 3.11. The molecular weight excluding hydrogens is 360 g/mol. The first kappa shape index (κ1) is 19.6. The topological polar surface area (TPSA) is 50.2 Å². The molecule has 5 heteroatoms. The number of piperidine rings is 1. The maximum atomic E-state index is 12.8. The van der Waals surface area contributed by atoms with Crippen molar-refractivity contribution in [2.45, 2.75) is 46.2 Å². The van der Waals surface area contributed by atoms with E-state index in [1.807, 2.05) is 24.3 Å². The summed E-state index contributed by atoms with van der Waals surface area (Å²) in [4.78, 5) is 20.0. The van der Waals surface area contributed by atoms with Gasteiger partial charge in [-0.1, -0.05) is 37.3 Å². The minimum absolute atomic E-state index is 0.0844. The van der Waals surface area contributed by atoms with Crippen molar-refractivity contribution >= 4 is 22.6 Å². The minimum atomic E-state index is 0.0844. The molecule has 1 saturated heterocycles. The summed E-state index contributed by atoms with van der Waals surface area (Å²) < 4.78 is 2.30. The third-order valence-electron chi connectivity index (χ3n) is 6.03. The maximum absolute atomic E-state index is 12.8. The number of para-hydroxylation sites is 3. The predicted octanol–water partition coefficient (Wildman–Crippen LogP) is 4.47. The van der Waals surface area contributed by atoms with E-state index >= 15 is 0 Å². The van der Waals surface area contributed by atoms with Crippen LogP contribution >= 0.6 is 0 Å². The highest BCUT2D eigenvalue weighted by Crippen LogP contribution is 2.24. The van der Waals surface area contributed by atoms with Gasteiger partial charge in [-0.25, -0.2) is 4.98 Å². The Morgan fingerprint density at radius 1 is 1.07 bits per heavy atom. The number of hydrogen-bond donors (Lipinski definition) is 1. The summed E-state index contributed by atoms with van der Waals surface area (Å²) in [6.45, 7) is 7.91. The molecule has 0 atom stereocenters. The van der Waals surface area contributed by atoms with Gasteiger partial charge in [0.15, 0.2) is 0 Å². The summed E-state index contributed by atoms with van der Waals surface area (Å²) in [5.74, 6) is 1.36. The molecule has 1 aromatic heterocycles. The van der Waals surface area contributed by atoms with Crippen LogP contribution in [0.3, 0.4) is 0 Å². The van der Waals surface area contributed by atoms with Gasteiger partial charge in [0.05, 0.1) is 17.6 Å². The minimum Gasteiger partial charge on any atom is -0.327 e. The lowest BCUT2D eigenvalue weighted by Gasteiger charge is -2.31. The zero-order chi connectivity index (χ0) is 20.2. The number of anilines is 1. The predicted molar refractivity (Wildman–Crippen MR) is 118 cm³/mol. The lowest BCUT2D eigenvalue weighted by molar-refractivity contribution is -0.121. The molecule has 2 heterocycles. The standard InChI is InChI=1S/C24H30N4O/c1-3-18-9-5-6-10-20(18)26-24(29)19-13-15-27(16-14-19)17-23-25-21-11-7-8-12-22(21)28(23)4-2/h5-12,19H,3-4,13-17H2,1-2H3,(H,26,29). The van der Waals surface area contributed by atoms with Crippen molar-refractivity contribution < 1.29 is 4.79 Å². The van der Waals surface area contributed by atoms with E-state index < -0.39 is 0 Å². The molecule has 1 aliphatic rings. The molecule has 29 heavy (non-hydrogen) atoms. The summed E-state index contributed by atoms with van der Waals surface area (Å²) in [6.07, 6.45) is 2.71. The number of aryl methyl sites for hydroxylation is 2. The zero-order valence-electron chi connectivity index (χ0n) is 17.4. The summed E-state index contributed by atoms with van der Waals surface area (Å²) in [6, 6.07) is 16.4. The Morgan fingerprint density at radius 3 is 2.55 bits per heavy atom. The Hall–Kier alpha value is -2.66. The Morgan fingerprint density at radius 2 is 1.79 bits per heavy atom. The van der Waals surface area contributed by atoms with Gasteiger partial charge in [0.25, 0.3) is 0 Å². The molecule has 152 valence electrons. The van der Waals surface area contributed by atoms with E-state index in [9.17, 15) is 4.79 Å². The number of imidazole rings is 1. The van der Waals surface area contributed by atoms with E-state index in [4.69, 9.17) is 4.98 Å². The molecule has 1 N–H and O–H groups in total. The number of likely N-dealkylation sites (tertiary alicyclic amines) is 1. The van der Waals surface area contributed by atoms with Crippen molar-refractivity contribution in [3.05, 3.63) is 59.9 Å². The number of hydrogen-bond acceptors (Lipinski definition) is 3. The summed E-state index contributed by atoms with van der Waals surface area (Å²) in [7, 11) is 0. The fourth-order valence-electron chi connectivity index (χ4n) is 4.34. The van der Waals surface area contributed by atoms with Crippen molar-refractivity contribution in [2.24, 2.45) is 5.92 Å². The average molecular weight is 391 g/mol. The smallest absolute Gasteiger partial charge is 0.227 e. The number of nitrogens with one attached hydrogen (secondary N) is 1. The van der Waals surface area contributed by atoms with Gasteiger partial charge in [-0.3, -0.25) is 9.69 Å². The highest BCUT2D eigenvalue weighted by molar-refractivity contribution is 5.93. The lowest BCUT2D eigenvalue weighted by atomic mass is 9.95. The molecule has 3 aromatic rings. The third-order valence-corrected chi connectivity index (χ3v) is 6.03. The fraction of sp³-hybridized carbons (Fsp3) is 0.417. The van der Waals surface area contributed by atoms with Crippen LogP contribution in [0.15, 0.2) is 48.5 Å². The molecule has 0 bridgehead atoms. The first-order chi connectivity index (χ1) is 14.2. The molecule has 1 fully saturated rings. The second-order valence-corrected chi connectivity index (χ2v) is 7.81. The summed E-state index contributed by atoms with van der Waals surface area (Å²) in [5.41, 5.74) is 4.41. The Balaban J connectivity index is 1.37. The molecule has 0 radical (unpaired) electrons. The van der Waals surface area contributed by atoms with Crippen molar-refractivity contribution in [3.8, 4) is 0 Å². The van der Waals surface area contributed by atoms with Gasteiger partial charge in [-0.05, 0) is 63.0 Å². The van der Waals surface area contributed by atoms with E-state index in [-0.39, 0.29) is 11.8 Å². The Kier molecular flexibility index (Phi) is 5.95. The zero-order valence-corrected chi connectivity index (χ0v) is 17.4. The van der Waals surface area contributed by atoms with E-state index in [1.54, 1.807) is 0 Å². The third kappa shape index (κ3) is 4.20. The van der Waals surface area contributed by atoms with Crippen LogP contribution in [0.5, 0.6) is 0 Å². The number of carbonyl (C=O) groups excluding carboxylic acids is 1. The molecule has 0 aliphatic carbocycles. The van der Waals surface area contributed by atoms with E-state index in [2.05, 4.69) is 52.9 Å². The SMILES string of the molecule is CCc1ccccc1NC(=O)C1CCN(Cc2nc3ccccc3n2CC)CC1. The number of aromatic nitrogens is 2. The highest BCUT2D eigenvalue weighted by atomic mass is 16.1. The van der Waals surface area contributed by atoms with Crippen molar-refractivity contribution in [2.75, 3.05) is 18.4 Å². The van der Waals surface area contributed by atoms with Crippen LogP contribution in [0.1, 0.15) is 38.1 Å². The van der Waals surface area contributed by atoms with Crippen molar-refractivity contribution in [1.29, 1.82) is 0 Å². The van der Waals surface area contributed by atoms with Crippen molar-refractivity contribution in [1.82, 2.24) is 14.5 Å². The lowest BCUT2D eigenvalue weighted by Crippen LogP contribution is -2.38. The quantitative estimate of drug-likeness (QED) is 0.676. The first-order valence-electron chi connectivity index (χ1n) is 10.7. The van der Waals surface area contributed by atoms with E-state index in [0.717, 1.165) is 62.5 Å². The summed E-state index contributed by atoms with van der Waals surface area (Å²) >= 11 is 0. The van der Waals surface area contributed by atoms with Gasteiger partial charge in [0.1, 0.15) is 5.82 Å². The van der Waals surface area contributed by atoms with Gasteiger partial charge in [-0.2, -0.15) is 0 Å². The Bertz CT molecular complexity index is 985. The molecule has 0 unspecified atom stereocenters. The van der Waals surface area contributed by atoms with Crippen LogP contribution in [0.4, 0.5) is 5.69 Å². The van der Waals surface area contributed by atoms with E-state index in [0.29, 0.717) is 0 Å². The highest BCUT2D eigenvalue weighted by Gasteiger charge is 2.26. The molecule has 0 saturated carbocycles. The first-order valence-corrected chi connectivity index (χ1v) is 10.7. The van der Waals surface area contributed by atoms with Crippen LogP contribution in [-0.4, -0.2) is 33.4 Å². The van der Waals surface area contributed by atoms with Gasteiger partial charge >= 0.3 is 0 Å². The fourth-order valence-corrected chi connectivity index (χ4v) is 4.34. The van der Waals surface area contributed by atoms with Crippen LogP contribution in [0.25, 0.3) is 11.0 Å². The van der Waals surface area contributed by atoms with Crippen LogP contribution in [0, 0.1) is 5.92 Å². The largest absolute Gasteiger partial charge is 0.327 e. The van der Waals surface area contributed by atoms with Gasteiger partial charge < -0.3 is 9.88 Å². The maximum Gasteiger partial charge on any atom is 0.227 e. The normalized spacial score (nSPS) is 15.7. The van der Waals surface area contributed by atoms with Gasteiger partial charge in [0, 0.05) is 18.2 Å². The molecule has 2 aromatic carbocycles. The number of amides is 1. The van der Waals surface area contributed by atoms with Gasteiger partial charge in [0.2, 0.25) is 5.91 Å². The molecule has 4 rings (SSSR count). The number of rotatable bonds is 6. The van der Waals surface area contributed by atoms with E-state index in [1.165, 1.54) is 11.1 Å². The van der Waals surface area contributed by atoms with Crippen LogP contribution < -0.4 is 5.32 Å². The number of nitrogens with zero attached hydrogens (tertiary/aromatic N) is 3. The second kappa shape index (κ2) is 8.78. The number of carbonyl (C=O) groups is 1. The van der Waals surface area contributed by atoms with Crippen molar-refractivity contribution in [3.63, 3.8) is 0 Å². The van der Waals surface area contributed by atoms with Gasteiger partial charge in [-0.15, -0.1) is 0 Å². The molecular formula is C24H30N4O. The molecule has 5 nitrogen and oxygen atoms in total. The van der Waals surface area contributed by atoms with Crippen LogP contribution in [-0.2, 0) is 24.3 Å². The number of fused-ring (bicyclic) bond motifs is 1. The molecule has 1 aliphatic heterocycles. The molecule has 1 amide bonds. The monoisotopic (exact) mass is 390 g/mol. The molecule has 0 spiro atoms.